The average molecular weight is 376 g/mol. The zero-order chi connectivity index (χ0) is 19.4. The van der Waals surface area contributed by atoms with Crippen molar-refractivity contribution in [2.45, 2.75) is 25.6 Å². The molecule has 3 heteroatoms. The van der Waals surface area contributed by atoms with E-state index in [1.54, 1.807) is 0 Å². The molecule has 0 saturated heterocycles. The molecule has 0 spiro atoms. The molecule has 0 saturated carbocycles. The van der Waals surface area contributed by atoms with Gasteiger partial charge in [-0.15, -0.1) is 0 Å². The molecular formula is C25H29NO2. The number of hydrogen-bond donors (Lipinski definition) is 1. The Bertz CT molecular complexity index is 736. The van der Waals surface area contributed by atoms with E-state index in [1.165, 1.54) is 16.7 Å². The Morgan fingerprint density at radius 2 is 1.14 bits per heavy atom. The molecule has 0 aliphatic carbocycles. The van der Waals surface area contributed by atoms with E-state index >= 15 is 0 Å². The van der Waals surface area contributed by atoms with E-state index in [4.69, 9.17) is 9.84 Å². The predicted molar refractivity (Wildman–Crippen MR) is 114 cm³/mol. The molecule has 0 heterocycles. The van der Waals surface area contributed by atoms with Crippen LogP contribution in [0.2, 0.25) is 0 Å². The molecule has 1 atom stereocenters. The van der Waals surface area contributed by atoms with E-state index in [0.29, 0.717) is 13.2 Å². The number of aliphatic hydroxyl groups is 1. The Hall–Kier alpha value is -2.46. The molecule has 3 nitrogen and oxygen atoms in total. The highest BCUT2D eigenvalue weighted by Gasteiger charge is 2.20. The Balaban J connectivity index is 1.82. The van der Waals surface area contributed by atoms with Gasteiger partial charge in [0.05, 0.1) is 19.8 Å². The van der Waals surface area contributed by atoms with Crippen LogP contribution >= 0.6 is 0 Å². The lowest BCUT2D eigenvalue weighted by molar-refractivity contribution is 0.0341. The molecule has 0 aromatic heterocycles. The molecule has 3 rings (SSSR count). The molecule has 1 N–H and O–H groups in total. The van der Waals surface area contributed by atoms with E-state index in [2.05, 4.69) is 89.8 Å². The number of hydrogen-bond acceptors (Lipinski definition) is 3. The third-order valence-corrected chi connectivity index (χ3v) is 4.83. The minimum atomic E-state index is 0.0510. The third kappa shape index (κ3) is 6.61. The second kappa shape index (κ2) is 11.4. The van der Waals surface area contributed by atoms with Gasteiger partial charge < -0.3 is 9.84 Å². The van der Waals surface area contributed by atoms with Gasteiger partial charge in [0, 0.05) is 19.1 Å². The Labute approximate surface area is 168 Å². The maximum Gasteiger partial charge on any atom is 0.0698 e. The van der Waals surface area contributed by atoms with Gasteiger partial charge in [-0.1, -0.05) is 91.0 Å². The third-order valence-electron chi connectivity index (χ3n) is 4.83. The highest BCUT2D eigenvalue weighted by atomic mass is 16.5. The summed E-state index contributed by atoms with van der Waals surface area (Å²) in [6.07, 6.45) is 0.909. The van der Waals surface area contributed by atoms with E-state index in [1.807, 2.05) is 6.07 Å². The standard InChI is InChI=1S/C25H29NO2/c27-16-17-28-21-25(18-22-10-4-1-5-11-22)26(19-23-12-6-2-7-13-23)20-24-14-8-3-9-15-24/h1-15,25,27H,16-21H2/t25-/m1/s1. The van der Waals surface area contributed by atoms with Gasteiger partial charge in [-0.25, -0.2) is 0 Å². The summed E-state index contributed by atoms with van der Waals surface area (Å²) in [5.41, 5.74) is 3.88. The van der Waals surface area contributed by atoms with E-state index in [-0.39, 0.29) is 12.6 Å². The average Bonchev–Trinajstić information content (AvgIpc) is 2.75. The van der Waals surface area contributed by atoms with Gasteiger partial charge in [0.15, 0.2) is 0 Å². The Kier molecular flexibility index (Phi) is 8.26. The van der Waals surface area contributed by atoms with Crippen molar-refractivity contribution >= 4 is 0 Å². The SMILES string of the molecule is OCCOC[C@@H](Cc1ccccc1)N(Cc1ccccc1)Cc1ccccc1. The summed E-state index contributed by atoms with van der Waals surface area (Å²) >= 11 is 0. The summed E-state index contributed by atoms with van der Waals surface area (Å²) in [5.74, 6) is 0. The van der Waals surface area contributed by atoms with Crippen molar-refractivity contribution < 1.29 is 9.84 Å². The van der Waals surface area contributed by atoms with Crippen molar-refractivity contribution in [2.24, 2.45) is 0 Å². The fourth-order valence-corrected chi connectivity index (χ4v) is 3.41. The van der Waals surface area contributed by atoms with Crippen LogP contribution in [-0.2, 0) is 24.2 Å². The number of benzene rings is 3. The van der Waals surface area contributed by atoms with Gasteiger partial charge in [-0.05, 0) is 23.1 Å². The molecule has 28 heavy (non-hydrogen) atoms. The van der Waals surface area contributed by atoms with Crippen molar-refractivity contribution in [1.82, 2.24) is 4.90 Å². The van der Waals surface area contributed by atoms with Crippen LogP contribution in [0.4, 0.5) is 0 Å². The van der Waals surface area contributed by atoms with Crippen LogP contribution in [0.5, 0.6) is 0 Å². The summed E-state index contributed by atoms with van der Waals surface area (Å²) < 4.78 is 5.78. The fourth-order valence-electron chi connectivity index (χ4n) is 3.41. The van der Waals surface area contributed by atoms with Crippen LogP contribution in [0, 0.1) is 0 Å². The zero-order valence-corrected chi connectivity index (χ0v) is 16.3. The molecule has 0 aliphatic rings. The summed E-state index contributed by atoms with van der Waals surface area (Å²) in [4.78, 5) is 2.48. The molecular weight excluding hydrogens is 346 g/mol. The fraction of sp³-hybridized carbons (Fsp3) is 0.280. The van der Waals surface area contributed by atoms with Crippen molar-refractivity contribution in [3.8, 4) is 0 Å². The van der Waals surface area contributed by atoms with Crippen LogP contribution in [0.3, 0.4) is 0 Å². The molecule has 146 valence electrons. The normalized spacial score (nSPS) is 12.2. The van der Waals surface area contributed by atoms with Crippen molar-refractivity contribution in [1.29, 1.82) is 0 Å². The number of aliphatic hydroxyl groups excluding tert-OH is 1. The second-order valence-electron chi connectivity index (χ2n) is 7.02. The van der Waals surface area contributed by atoms with Crippen LogP contribution < -0.4 is 0 Å². The molecule has 0 radical (unpaired) electrons. The van der Waals surface area contributed by atoms with Crippen molar-refractivity contribution in [3.05, 3.63) is 108 Å². The minimum Gasteiger partial charge on any atom is -0.394 e. The van der Waals surface area contributed by atoms with Crippen molar-refractivity contribution in [3.63, 3.8) is 0 Å². The van der Waals surface area contributed by atoms with Gasteiger partial charge in [0.2, 0.25) is 0 Å². The maximum absolute atomic E-state index is 9.14. The summed E-state index contributed by atoms with van der Waals surface area (Å²) in [7, 11) is 0. The quantitative estimate of drug-likeness (QED) is 0.507. The monoisotopic (exact) mass is 375 g/mol. The topological polar surface area (TPSA) is 32.7 Å². The predicted octanol–water partition coefficient (Wildman–Crippen LogP) is 4.31. The van der Waals surface area contributed by atoms with E-state index in [9.17, 15) is 0 Å². The van der Waals surface area contributed by atoms with E-state index in [0.717, 1.165) is 19.5 Å². The lowest BCUT2D eigenvalue weighted by Crippen LogP contribution is -2.39. The van der Waals surface area contributed by atoms with Gasteiger partial charge >= 0.3 is 0 Å². The van der Waals surface area contributed by atoms with Crippen LogP contribution in [0.15, 0.2) is 91.0 Å². The molecule has 3 aromatic rings. The van der Waals surface area contributed by atoms with Gasteiger partial charge in [-0.3, -0.25) is 4.90 Å². The zero-order valence-electron chi connectivity index (χ0n) is 16.3. The lowest BCUT2D eigenvalue weighted by Gasteiger charge is -2.32. The Morgan fingerprint density at radius 1 is 0.679 bits per heavy atom. The first-order valence-electron chi connectivity index (χ1n) is 9.89. The lowest BCUT2D eigenvalue weighted by atomic mass is 10.0. The molecule has 0 aliphatic heterocycles. The number of ether oxygens (including phenoxy) is 1. The largest absolute Gasteiger partial charge is 0.394 e. The minimum absolute atomic E-state index is 0.0510. The summed E-state index contributed by atoms with van der Waals surface area (Å²) in [5, 5.41) is 9.14. The molecule has 3 aromatic carbocycles. The highest BCUT2D eigenvalue weighted by molar-refractivity contribution is 5.19. The van der Waals surface area contributed by atoms with Gasteiger partial charge in [-0.2, -0.15) is 0 Å². The first-order valence-corrected chi connectivity index (χ1v) is 9.89. The van der Waals surface area contributed by atoms with Gasteiger partial charge in [0.25, 0.3) is 0 Å². The smallest absolute Gasteiger partial charge is 0.0698 e. The molecule has 0 amide bonds. The van der Waals surface area contributed by atoms with Crippen LogP contribution in [0.1, 0.15) is 16.7 Å². The number of nitrogens with zero attached hydrogens (tertiary/aromatic N) is 1. The first-order chi connectivity index (χ1) is 13.8. The molecule has 0 unspecified atom stereocenters. The summed E-state index contributed by atoms with van der Waals surface area (Å²) in [6, 6.07) is 31.9. The van der Waals surface area contributed by atoms with E-state index < -0.39 is 0 Å². The molecule has 0 bridgehead atoms. The maximum atomic E-state index is 9.14. The highest BCUT2D eigenvalue weighted by Crippen LogP contribution is 2.17. The second-order valence-corrected chi connectivity index (χ2v) is 7.02. The molecule has 0 fully saturated rings. The van der Waals surface area contributed by atoms with Crippen LogP contribution in [0.25, 0.3) is 0 Å². The van der Waals surface area contributed by atoms with Crippen molar-refractivity contribution in [2.75, 3.05) is 19.8 Å². The Morgan fingerprint density at radius 3 is 1.61 bits per heavy atom. The van der Waals surface area contributed by atoms with Crippen LogP contribution in [-0.4, -0.2) is 35.9 Å². The first kappa shape index (κ1) is 20.3. The number of rotatable bonds is 11. The van der Waals surface area contributed by atoms with Gasteiger partial charge in [0.1, 0.15) is 0 Å². The summed E-state index contributed by atoms with van der Waals surface area (Å²) in [6.45, 7) is 2.73.